The average molecular weight is 439 g/mol. The maximum absolute atomic E-state index is 13.3. The molecule has 3 heterocycles. The molecule has 0 radical (unpaired) electrons. The van der Waals surface area contributed by atoms with Crippen molar-refractivity contribution < 1.29 is 13.9 Å². The minimum absolute atomic E-state index is 0.169. The number of rotatable bonds is 8. The van der Waals surface area contributed by atoms with Crippen LogP contribution >= 0.6 is 11.8 Å². The molecule has 1 aliphatic heterocycles. The molecule has 1 aliphatic rings. The molecule has 1 atom stereocenters. The Hall–Kier alpha value is -2.84. The predicted octanol–water partition coefficient (Wildman–Crippen LogP) is 4.92. The number of H-pyrrole nitrogens is 1. The van der Waals surface area contributed by atoms with Crippen molar-refractivity contribution in [3.63, 3.8) is 0 Å². The molecule has 0 amide bonds. The van der Waals surface area contributed by atoms with Crippen molar-refractivity contribution >= 4 is 22.7 Å². The number of nitrogens with zero attached hydrogens (tertiary/aromatic N) is 3. The molecule has 1 N–H and O–H groups in total. The topological polar surface area (TPSA) is 65.0 Å². The van der Waals surface area contributed by atoms with Gasteiger partial charge in [-0.25, -0.2) is 4.39 Å². The van der Waals surface area contributed by atoms with Crippen LogP contribution in [0.5, 0.6) is 5.75 Å². The third kappa shape index (κ3) is 4.45. The van der Waals surface area contributed by atoms with Gasteiger partial charge in [0.1, 0.15) is 11.6 Å². The first kappa shape index (κ1) is 20.1. The van der Waals surface area contributed by atoms with E-state index in [9.17, 15) is 4.39 Å². The van der Waals surface area contributed by atoms with Crippen molar-refractivity contribution in [3.05, 3.63) is 60.5 Å². The Kier molecular flexibility index (Phi) is 5.90. The molecule has 1 unspecified atom stereocenters. The van der Waals surface area contributed by atoms with Crippen LogP contribution in [0.25, 0.3) is 22.3 Å². The Labute approximate surface area is 183 Å². The molecule has 0 aliphatic carbocycles. The fourth-order valence-electron chi connectivity index (χ4n) is 3.86. The highest BCUT2D eigenvalue weighted by atomic mass is 32.2. The summed E-state index contributed by atoms with van der Waals surface area (Å²) in [6.45, 7) is 1.97. The zero-order valence-electron chi connectivity index (χ0n) is 17.0. The minimum atomic E-state index is -0.301. The van der Waals surface area contributed by atoms with Gasteiger partial charge in [0, 0.05) is 41.1 Å². The number of halogens is 1. The molecular weight excluding hydrogens is 415 g/mol. The summed E-state index contributed by atoms with van der Waals surface area (Å²) in [4.78, 5) is 3.32. The highest BCUT2D eigenvalue weighted by Crippen LogP contribution is 2.31. The van der Waals surface area contributed by atoms with E-state index in [2.05, 4.69) is 31.9 Å². The van der Waals surface area contributed by atoms with Crippen molar-refractivity contribution in [2.75, 3.05) is 19.0 Å². The van der Waals surface area contributed by atoms with E-state index in [-0.39, 0.29) is 11.9 Å². The van der Waals surface area contributed by atoms with Gasteiger partial charge in [-0.15, -0.1) is 10.2 Å². The molecule has 1 fully saturated rings. The predicted molar refractivity (Wildman–Crippen MR) is 119 cm³/mol. The summed E-state index contributed by atoms with van der Waals surface area (Å²) in [6, 6.07) is 14.4. The van der Waals surface area contributed by atoms with Crippen molar-refractivity contribution in [2.45, 2.75) is 30.6 Å². The second-order valence-electron chi connectivity index (χ2n) is 7.45. The molecule has 2 aromatic carbocycles. The smallest absolute Gasteiger partial charge is 0.191 e. The molecule has 1 saturated heterocycles. The van der Waals surface area contributed by atoms with Crippen LogP contribution in [0.1, 0.15) is 12.8 Å². The number of benzene rings is 2. The van der Waals surface area contributed by atoms with Crippen molar-refractivity contribution in [3.8, 4) is 17.1 Å². The number of nitrogens with one attached hydrogen (secondary N) is 1. The van der Waals surface area contributed by atoms with Crippen LogP contribution in [-0.2, 0) is 11.3 Å². The normalized spacial score (nSPS) is 16.2. The molecular formula is C23H23FN4O2S. The van der Waals surface area contributed by atoms with Gasteiger partial charge in [0.2, 0.25) is 0 Å². The fourth-order valence-corrected chi connectivity index (χ4v) is 4.62. The van der Waals surface area contributed by atoms with E-state index in [0.29, 0.717) is 18.1 Å². The van der Waals surface area contributed by atoms with Gasteiger partial charge in [-0.2, -0.15) is 0 Å². The quantitative estimate of drug-likeness (QED) is 0.313. The maximum Gasteiger partial charge on any atom is 0.191 e. The minimum Gasteiger partial charge on any atom is -0.493 e. The standard InChI is InChI=1S/C23H23FN4O2S/c24-16-5-3-6-17(13-16)30-11-12-31-23-27-26-22(28(23)15-18-7-4-10-29-18)20-14-25-21-9-2-1-8-19(20)21/h1-3,5-6,8-9,13-14,18,25H,4,7,10-12,15H2. The largest absolute Gasteiger partial charge is 0.493 e. The number of ether oxygens (including phenoxy) is 2. The van der Waals surface area contributed by atoms with E-state index < -0.39 is 0 Å². The number of thioether (sulfide) groups is 1. The molecule has 0 saturated carbocycles. The van der Waals surface area contributed by atoms with Gasteiger partial charge in [0.05, 0.1) is 19.3 Å². The fraction of sp³-hybridized carbons (Fsp3) is 0.304. The third-order valence-electron chi connectivity index (χ3n) is 5.34. The van der Waals surface area contributed by atoms with Crippen LogP contribution in [0.15, 0.2) is 59.9 Å². The summed E-state index contributed by atoms with van der Waals surface area (Å²) in [5.74, 6) is 1.74. The SMILES string of the molecule is Fc1cccc(OCCSc2nnc(-c3c[nH]c4ccccc34)n2CC2CCCO2)c1. The van der Waals surface area contributed by atoms with Gasteiger partial charge in [-0.1, -0.05) is 36.0 Å². The second-order valence-corrected chi connectivity index (χ2v) is 8.52. The zero-order chi connectivity index (χ0) is 21.0. The Morgan fingerprint density at radius 3 is 3.00 bits per heavy atom. The molecule has 0 bridgehead atoms. The number of aromatic amines is 1. The van der Waals surface area contributed by atoms with Crippen LogP contribution in [0, 0.1) is 5.82 Å². The maximum atomic E-state index is 13.3. The van der Waals surface area contributed by atoms with E-state index in [1.165, 1.54) is 12.1 Å². The lowest BCUT2D eigenvalue weighted by Gasteiger charge is -2.14. The van der Waals surface area contributed by atoms with Crippen molar-refractivity contribution in [2.24, 2.45) is 0 Å². The summed E-state index contributed by atoms with van der Waals surface area (Å²) < 4.78 is 27.0. The van der Waals surface area contributed by atoms with Crippen molar-refractivity contribution in [1.82, 2.24) is 19.7 Å². The third-order valence-corrected chi connectivity index (χ3v) is 6.27. The Bertz CT molecular complexity index is 1170. The van der Waals surface area contributed by atoms with Gasteiger partial charge in [0.15, 0.2) is 11.0 Å². The van der Waals surface area contributed by atoms with Gasteiger partial charge >= 0.3 is 0 Å². The van der Waals surface area contributed by atoms with Crippen LogP contribution in [0.3, 0.4) is 0 Å². The monoisotopic (exact) mass is 438 g/mol. The molecule has 2 aromatic heterocycles. The summed E-state index contributed by atoms with van der Waals surface area (Å²) >= 11 is 1.58. The summed E-state index contributed by atoms with van der Waals surface area (Å²) in [7, 11) is 0. The van der Waals surface area contributed by atoms with E-state index in [4.69, 9.17) is 9.47 Å². The lowest BCUT2D eigenvalue weighted by atomic mass is 10.1. The molecule has 31 heavy (non-hydrogen) atoms. The molecule has 160 valence electrons. The molecule has 4 aromatic rings. The lowest BCUT2D eigenvalue weighted by Crippen LogP contribution is -2.17. The number of hydrogen-bond acceptors (Lipinski definition) is 5. The summed E-state index contributed by atoms with van der Waals surface area (Å²) in [5.41, 5.74) is 2.10. The average Bonchev–Trinajstić information content (AvgIpc) is 3.52. The molecule has 6 nitrogen and oxygen atoms in total. The van der Waals surface area contributed by atoms with Gasteiger partial charge < -0.3 is 14.5 Å². The highest BCUT2D eigenvalue weighted by molar-refractivity contribution is 7.99. The first-order chi connectivity index (χ1) is 15.3. The summed E-state index contributed by atoms with van der Waals surface area (Å²) in [5, 5.41) is 10.9. The van der Waals surface area contributed by atoms with Gasteiger partial charge in [-0.05, 0) is 31.0 Å². The first-order valence-electron chi connectivity index (χ1n) is 10.4. The first-order valence-corrected chi connectivity index (χ1v) is 11.4. The second kappa shape index (κ2) is 9.11. The van der Waals surface area contributed by atoms with Crippen LogP contribution in [0.2, 0.25) is 0 Å². The number of aromatic nitrogens is 4. The molecule has 8 heteroatoms. The van der Waals surface area contributed by atoms with Gasteiger partial charge in [0.25, 0.3) is 0 Å². The Morgan fingerprint density at radius 2 is 2.13 bits per heavy atom. The Morgan fingerprint density at radius 1 is 1.19 bits per heavy atom. The summed E-state index contributed by atoms with van der Waals surface area (Å²) in [6.07, 6.45) is 4.28. The van der Waals surface area contributed by atoms with E-state index in [1.807, 2.05) is 18.3 Å². The van der Waals surface area contributed by atoms with Crippen molar-refractivity contribution in [1.29, 1.82) is 0 Å². The number of hydrogen-bond donors (Lipinski definition) is 1. The van der Waals surface area contributed by atoms with E-state index in [1.54, 1.807) is 23.9 Å². The molecule has 0 spiro atoms. The lowest BCUT2D eigenvalue weighted by molar-refractivity contribution is 0.0953. The van der Waals surface area contributed by atoms with Crippen LogP contribution in [-0.4, -0.2) is 44.8 Å². The molecule has 5 rings (SSSR count). The zero-order valence-corrected chi connectivity index (χ0v) is 17.8. The van der Waals surface area contributed by atoms with Crippen LogP contribution in [0.4, 0.5) is 4.39 Å². The van der Waals surface area contributed by atoms with Crippen LogP contribution < -0.4 is 4.74 Å². The highest BCUT2D eigenvalue weighted by Gasteiger charge is 2.23. The van der Waals surface area contributed by atoms with E-state index in [0.717, 1.165) is 53.4 Å². The number of fused-ring (bicyclic) bond motifs is 1. The Balaban J connectivity index is 1.35. The van der Waals surface area contributed by atoms with E-state index >= 15 is 0 Å². The number of para-hydroxylation sites is 1. The van der Waals surface area contributed by atoms with Gasteiger partial charge in [-0.3, -0.25) is 4.57 Å².